The number of hydrogen-bond donors (Lipinski definition) is 0. The molecular formula is C18H19N3O. The lowest BCUT2D eigenvalue weighted by atomic mass is 10.1. The van der Waals surface area contributed by atoms with Crippen LogP contribution in [0.2, 0.25) is 0 Å². The molecule has 0 atom stereocenters. The second kappa shape index (κ2) is 6.10. The van der Waals surface area contributed by atoms with Gasteiger partial charge in [0.2, 0.25) is 0 Å². The van der Waals surface area contributed by atoms with Crippen LogP contribution in [0, 0.1) is 5.92 Å². The van der Waals surface area contributed by atoms with Crippen molar-refractivity contribution >= 4 is 11.0 Å². The highest BCUT2D eigenvalue weighted by Crippen LogP contribution is 2.19. The number of pyridine rings is 3. The summed E-state index contributed by atoms with van der Waals surface area (Å²) < 4.78 is 1.79. The molecule has 3 aromatic heterocycles. The van der Waals surface area contributed by atoms with Gasteiger partial charge < -0.3 is 0 Å². The van der Waals surface area contributed by atoms with Gasteiger partial charge in [-0.05, 0) is 36.6 Å². The van der Waals surface area contributed by atoms with Gasteiger partial charge >= 0.3 is 0 Å². The van der Waals surface area contributed by atoms with Gasteiger partial charge in [-0.2, -0.15) is 0 Å². The van der Waals surface area contributed by atoms with Gasteiger partial charge in [-0.1, -0.05) is 19.9 Å². The van der Waals surface area contributed by atoms with Crippen molar-refractivity contribution in [3.63, 3.8) is 0 Å². The molecule has 0 saturated carbocycles. The SMILES string of the molecule is CC(C)CCn1c(=O)c(-c2cccnc2)cc2cccnc21. The summed E-state index contributed by atoms with van der Waals surface area (Å²) in [6, 6.07) is 9.56. The maximum absolute atomic E-state index is 12.9. The maximum Gasteiger partial charge on any atom is 0.260 e. The minimum atomic E-state index is -0.000139. The Morgan fingerprint density at radius 3 is 2.73 bits per heavy atom. The van der Waals surface area contributed by atoms with Crippen LogP contribution in [0.3, 0.4) is 0 Å². The summed E-state index contributed by atoms with van der Waals surface area (Å²) in [5.41, 5.74) is 2.27. The zero-order chi connectivity index (χ0) is 15.5. The molecule has 4 heteroatoms. The average molecular weight is 293 g/mol. The minimum Gasteiger partial charge on any atom is -0.292 e. The molecule has 112 valence electrons. The van der Waals surface area contributed by atoms with Crippen LogP contribution in [0.1, 0.15) is 20.3 Å². The quantitative estimate of drug-likeness (QED) is 0.739. The largest absolute Gasteiger partial charge is 0.292 e. The molecule has 0 bridgehead atoms. The number of hydrogen-bond acceptors (Lipinski definition) is 3. The maximum atomic E-state index is 12.9. The van der Waals surface area contributed by atoms with E-state index in [1.807, 2.05) is 30.3 Å². The van der Waals surface area contributed by atoms with Crippen molar-refractivity contribution in [2.24, 2.45) is 5.92 Å². The number of aromatic nitrogens is 3. The van der Waals surface area contributed by atoms with Crippen LogP contribution in [0.4, 0.5) is 0 Å². The van der Waals surface area contributed by atoms with Crippen LogP contribution in [0.15, 0.2) is 53.7 Å². The van der Waals surface area contributed by atoms with Crippen LogP contribution < -0.4 is 5.56 Å². The Hall–Kier alpha value is -2.49. The first-order valence-corrected chi connectivity index (χ1v) is 7.56. The van der Waals surface area contributed by atoms with Crippen molar-refractivity contribution in [2.75, 3.05) is 0 Å². The topological polar surface area (TPSA) is 47.8 Å². The molecule has 0 aromatic carbocycles. The van der Waals surface area contributed by atoms with Crippen molar-refractivity contribution in [1.29, 1.82) is 0 Å². The summed E-state index contributed by atoms with van der Waals surface area (Å²) in [7, 11) is 0. The molecule has 0 spiro atoms. The summed E-state index contributed by atoms with van der Waals surface area (Å²) in [6.07, 6.45) is 6.12. The molecule has 22 heavy (non-hydrogen) atoms. The van der Waals surface area contributed by atoms with E-state index in [1.165, 1.54) is 0 Å². The molecule has 0 aliphatic carbocycles. The molecule has 3 rings (SSSR count). The zero-order valence-corrected chi connectivity index (χ0v) is 12.9. The minimum absolute atomic E-state index is 0.000139. The molecule has 0 amide bonds. The number of rotatable bonds is 4. The fraction of sp³-hybridized carbons (Fsp3) is 0.278. The van der Waals surface area contributed by atoms with Crippen molar-refractivity contribution in [1.82, 2.24) is 14.5 Å². The van der Waals surface area contributed by atoms with Gasteiger partial charge in [-0.15, -0.1) is 0 Å². The van der Waals surface area contributed by atoms with Gasteiger partial charge in [0.1, 0.15) is 5.65 Å². The van der Waals surface area contributed by atoms with E-state index in [0.29, 0.717) is 18.0 Å². The first kappa shape index (κ1) is 14.4. The molecular weight excluding hydrogens is 274 g/mol. The number of aryl methyl sites for hydroxylation is 1. The van der Waals surface area contributed by atoms with E-state index in [-0.39, 0.29) is 5.56 Å². The number of nitrogens with zero attached hydrogens (tertiary/aromatic N) is 3. The van der Waals surface area contributed by atoms with Crippen LogP contribution in [-0.4, -0.2) is 14.5 Å². The molecule has 0 saturated heterocycles. The molecule has 4 nitrogen and oxygen atoms in total. The molecule has 0 aliphatic heterocycles. The van der Waals surface area contributed by atoms with E-state index in [0.717, 1.165) is 23.0 Å². The predicted molar refractivity (Wildman–Crippen MR) is 88.7 cm³/mol. The van der Waals surface area contributed by atoms with Gasteiger partial charge in [-0.25, -0.2) is 4.98 Å². The molecule has 3 heterocycles. The Morgan fingerprint density at radius 1 is 1.18 bits per heavy atom. The molecule has 0 fully saturated rings. The lowest BCUT2D eigenvalue weighted by Crippen LogP contribution is -2.23. The lowest BCUT2D eigenvalue weighted by Gasteiger charge is -2.13. The smallest absolute Gasteiger partial charge is 0.260 e. The van der Waals surface area contributed by atoms with Gasteiger partial charge in [-0.3, -0.25) is 14.3 Å². The standard InChI is InChI=1S/C18H19N3O/c1-13(2)7-10-21-17-14(5-4-9-20-17)11-16(18(21)22)15-6-3-8-19-12-15/h3-6,8-9,11-13H,7,10H2,1-2H3. The van der Waals surface area contributed by atoms with E-state index < -0.39 is 0 Å². The van der Waals surface area contributed by atoms with Gasteiger partial charge in [0.25, 0.3) is 5.56 Å². The third-order valence-electron chi connectivity index (χ3n) is 3.75. The molecule has 0 unspecified atom stereocenters. The highest BCUT2D eigenvalue weighted by Gasteiger charge is 2.12. The summed E-state index contributed by atoms with van der Waals surface area (Å²) in [4.78, 5) is 21.4. The summed E-state index contributed by atoms with van der Waals surface area (Å²) in [6.45, 7) is 5.00. The van der Waals surface area contributed by atoms with E-state index in [2.05, 4.69) is 23.8 Å². The third kappa shape index (κ3) is 2.77. The van der Waals surface area contributed by atoms with E-state index >= 15 is 0 Å². The van der Waals surface area contributed by atoms with Crippen LogP contribution in [0.5, 0.6) is 0 Å². The molecule has 3 aromatic rings. The average Bonchev–Trinajstić information content (AvgIpc) is 2.54. The van der Waals surface area contributed by atoms with Crippen LogP contribution in [0.25, 0.3) is 22.2 Å². The first-order chi connectivity index (χ1) is 10.7. The van der Waals surface area contributed by atoms with Gasteiger partial charge in [0, 0.05) is 41.6 Å². The second-order valence-corrected chi connectivity index (χ2v) is 5.86. The Bertz CT molecular complexity index is 838. The van der Waals surface area contributed by atoms with Crippen molar-refractivity contribution in [3.8, 4) is 11.1 Å². The predicted octanol–water partition coefficient (Wildman–Crippen LogP) is 3.50. The third-order valence-corrected chi connectivity index (χ3v) is 3.75. The molecule has 0 radical (unpaired) electrons. The summed E-state index contributed by atoms with van der Waals surface area (Å²) >= 11 is 0. The van der Waals surface area contributed by atoms with Gasteiger partial charge in [0.05, 0.1) is 0 Å². The van der Waals surface area contributed by atoms with Crippen molar-refractivity contribution in [2.45, 2.75) is 26.8 Å². The Labute approximate surface area is 129 Å². The van der Waals surface area contributed by atoms with E-state index in [1.54, 1.807) is 23.2 Å². The molecule has 0 aliphatic rings. The first-order valence-electron chi connectivity index (χ1n) is 7.56. The van der Waals surface area contributed by atoms with E-state index in [4.69, 9.17) is 0 Å². The summed E-state index contributed by atoms with van der Waals surface area (Å²) in [5, 5.41) is 0.977. The van der Waals surface area contributed by atoms with E-state index in [9.17, 15) is 4.79 Å². The zero-order valence-electron chi connectivity index (χ0n) is 12.9. The Morgan fingerprint density at radius 2 is 2.00 bits per heavy atom. The second-order valence-electron chi connectivity index (χ2n) is 5.86. The lowest BCUT2D eigenvalue weighted by molar-refractivity contribution is 0.515. The normalized spacial score (nSPS) is 11.2. The Balaban J connectivity index is 2.22. The highest BCUT2D eigenvalue weighted by atomic mass is 16.1. The fourth-order valence-electron chi connectivity index (χ4n) is 2.53. The molecule has 0 N–H and O–H groups in total. The Kier molecular flexibility index (Phi) is 4.00. The monoisotopic (exact) mass is 293 g/mol. The number of fused-ring (bicyclic) bond motifs is 1. The van der Waals surface area contributed by atoms with Crippen LogP contribution in [-0.2, 0) is 6.54 Å². The fourth-order valence-corrected chi connectivity index (χ4v) is 2.53. The van der Waals surface area contributed by atoms with Gasteiger partial charge in [0.15, 0.2) is 0 Å². The van der Waals surface area contributed by atoms with Crippen molar-refractivity contribution in [3.05, 3.63) is 59.3 Å². The van der Waals surface area contributed by atoms with Crippen molar-refractivity contribution < 1.29 is 0 Å². The summed E-state index contributed by atoms with van der Waals surface area (Å²) in [5.74, 6) is 0.535. The highest BCUT2D eigenvalue weighted by molar-refractivity contribution is 5.81. The van der Waals surface area contributed by atoms with Crippen LogP contribution >= 0.6 is 0 Å².